The lowest BCUT2D eigenvalue weighted by Gasteiger charge is -2.29. The molecule has 2 N–H and O–H groups in total. The molecule has 1 aromatic rings. The Bertz CT molecular complexity index is 572. The molecule has 6 heteroatoms. The van der Waals surface area contributed by atoms with E-state index in [2.05, 4.69) is 12.2 Å². The minimum absolute atomic E-state index is 0.0248. The highest BCUT2D eigenvalue weighted by atomic mass is 16.5. The zero-order valence-corrected chi connectivity index (χ0v) is 13.5. The van der Waals surface area contributed by atoms with E-state index in [1.54, 1.807) is 6.07 Å². The van der Waals surface area contributed by atoms with Crippen LogP contribution >= 0.6 is 0 Å². The number of hydrogen-bond acceptors (Lipinski definition) is 4. The monoisotopic (exact) mass is 321 g/mol. The number of amides is 1. The zero-order valence-electron chi connectivity index (χ0n) is 13.5. The molecule has 1 saturated carbocycles. The number of carboxylic acid groups (broad SMARTS) is 1. The summed E-state index contributed by atoms with van der Waals surface area (Å²) in [4.78, 5) is 23.3. The molecule has 0 saturated heterocycles. The molecule has 1 aliphatic carbocycles. The van der Waals surface area contributed by atoms with Gasteiger partial charge >= 0.3 is 5.97 Å². The van der Waals surface area contributed by atoms with Crippen molar-refractivity contribution in [2.75, 3.05) is 13.7 Å². The van der Waals surface area contributed by atoms with Gasteiger partial charge in [-0.25, -0.2) is 4.79 Å². The van der Waals surface area contributed by atoms with Gasteiger partial charge in [0.1, 0.15) is 17.1 Å². The topological polar surface area (TPSA) is 84.9 Å². The molecule has 1 aromatic carbocycles. The third-order valence-electron chi connectivity index (χ3n) is 4.23. The lowest BCUT2D eigenvalue weighted by Crippen LogP contribution is -2.43. The average molecular weight is 321 g/mol. The smallest absolute Gasteiger partial charge is 0.339 e. The van der Waals surface area contributed by atoms with Gasteiger partial charge in [-0.3, -0.25) is 4.79 Å². The van der Waals surface area contributed by atoms with Crippen LogP contribution < -0.4 is 14.8 Å². The van der Waals surface area contributed by atoms with Crippen LogP contribution in [0.1, 0.15) is 43.0 Å². The molecule has 0 unspecified atom stereocenters. The highest BCUT2D eigenvalue weighted by Crippen LogP contribution is 2.25. The summed E-state index contributed by atoms with van der Waals surface area (Å²) in [6, 6.07) is 4.65. The van der Waals surface area contributed by atoms with Crippen molar-refractivity contribution >= 4 is 11.9 Å². The highest BCUT2D eigenvalue weighted by Gasteiger charge is 2.23. The summed E-state index contributed by atoms with van der Waals surface area (Å²) in [5, 5.41) is 12.2. The second-order valence-electron chi connectivity index (χ2n) is 5.89. The molecule has 0 bridgehead atoms. The summed E-state index contributed by atoms with van der Waals surface area (Å²) < 4.78 is 10.4. The molecular weight excluding hydrogens is 298 g/mol. The number of hydrogen-bond donors (Lipinski definition) is 2. The van der Waals surface area contributed by atoms with E-state index < -0.39 is 5.97 Å². The van der Waals surface area contributed by atoms with E-state index in [1.807, 2.05) is 0 Å². The first kappa shape index (κ1) is 17.1. The van der Waals surface area contributed by atoms with Gasteiger partial charge in [0.05, 0.1) is 7.11 Å². The van der Waals surface area contributed by atoms with Crippen molar-refractivity contribution in [2.45, 2.75) is 38.6 Å². The van der Waals surface area contributed by atoms with Gasteiger partial charge in [-0.15, -0.1) is 0 Å². The molecule has 1 aliphatic rings. The fourth-order valence-electron chi connectivity index (χ4n) is 2.85. The van der Waals surface area contributed by atoms with E-state index in [4.69, 9.17) is 9.47 Å². The molecule has 0 aromatic heterocycles. The molecule has 2 atom stereocenters. The number of nitrogens with one attached hydrogen (secondary N) is 1. The van der Waals surface area contributed by atoms with Gasteiger partial charge in [-0.2, -0.15) is 0 Å². The summed E-state index contributed by atoms with van der Waals surface area (Å²) in [7, 11) is 1.46. The van der Waals surface area contributed by atoms with Crippen LogP contribution in [0.15, 0.2) is 18.2 Å². The predicted octanol–water partition coefficient (Wildman–Crippen LogP) is 2.47. The zero-order chi connectivity index (χ0) is 16.8. The Morgan fingerprint density at radius 2 is 2.04 bits per heavy atom. The van der Waals surface area contributed by atoms with E-state index >= 15 is 0 Å². The number of ether oxygens (including phenoxy) is 2. The van der Waals surface area contributed by atoms with Crippen LogP contribution in [-0.4, -0.2) is 36.7 Å². The molecule has 1 fully saturated rings. The summed E-state index contributed by atoms with van der Waals surface area (Å²) in [5.74, 6) is -0.306. The predicted molar refractivity (Wildman–Crippen MR) is 85.0 cm³/mol. The average Bonchev–Trinajstić information content (AvgIpc) is 2.54. The Hall–Kier alpha value is -2.24. The first-order valence-electron chi connectivity index (χ1n) is 7.84. The Balaban J connectivity index is 1.94. The van der Waals surface area contributed by atoms with E-state index in [0.29, 0.717) is 11.7 Å². The van der Waals surface area contributed by atoms with Crippen LogP contribution in [0.4, 0.5) is 0 Å². The lowest BCUT2D eigenvalue weighted by atomic mass is 9.86. The van der Waals surface area contributed by atoms with E-state index in [-0.39, 0.29) is 29.9 Å². The van der Waals surface area contributed by atoms with E-state index in [0.717, 1.165) is 19.3 Å². The van der Waals surface area contributed by atoms with Gasteiger partial charge in [0.25, 0.3) is 5.91 Å². The largest absolute Gasteiger partial charge is 0.497 e. The maximum absolute atomic E-state index is 12.0. The van der Waals surface area contributed by atoms with Gasteiger partial charge < -0.3 is 19.9 Å². The van der Waals surface area contributed by atoms with Crippen molar-refractivity contribution in [3.63, 3.8) is 0 Å². The van der Waals surface area contributed by atoms with Crippen LogP contribution in [0, 0.1) is 5.92 Å². The summed E-state index contributed by atoms with van der Waals surface area (Å²) >= 11 is 0. The molecule has 0 radical (unpaired) electrons. The van der Waals surface area contributed by atoms with E-state index in [1.165, 1.54) is 25.7 Å². The van der Waals surface area contributed by atoms with Gasteiger partial charge in [0.15, 0.2) is 6.61 Å². The maximum Gasteiger partial charge on any atom is 0.339 e. The van der Waals surface area contributed by atoms with Crippen molar-refractivity contribution in [1.82, 2.24) is 5.32 Å². The number of carbonyl (C=O) groups is 2. The van der Waals surface area contributed by atoms with Crippen LogP contribution in [0.5, 0.6) is 11.5 Å². The molecular formula is C17H23NO5. The number of aromatic carboxylic acids is 1. The minimum Gasteiger partial charge on any atom is -0.497 e. The van der Waals surface area contributed by atoms with Crippen LogP contribution in [-0.2, 0) is 4.79 Å². The Kier molecular flexibility index (Phi) is 5.84. The summed E-state index contributed by atoms with van der Waals surface area (Å²) in [6.07, 6.45) is 4.43. The molecule has 126 valence electrons. The van der Waals surface area contributed by atoms with Crippen molar-refractivity contribution in [2.24, 2.45) is 5.92 Å². The third-order valence-corrected chi connectivity index (χ3v) is 4.23. The van der Waals surface area contributed by atoms with E-state index in [9.17, 15) is 14.7 Å². The second-order valence-corrected chi connectivity index (χ2v) is 5.89. The van der Waals surface area contributed by atoms with Crippen LogP contribution in [0.3, 0.4) is 0 Å². The normalized spacial score (nSPS) is 20.6. The van der Waals surface area contributed by atoms with Crippen molar-refractivity contribution in [3.05, 3.63) is 23.8 Å². The highest BCUT2D eigenvalue weighted by molar-refractivity contribution is 5.91. The third kappa shape index (κ3) is 4.61. The van der Waals surface area contributed by atoms with Crippen molar-refractivity contribution in [1.29, 1.82) is 0 Å². The van der Waals surface area contributed by atoms with Crippen molar-refractivity contribution < 1.29 is 24.2 Å². The maximum atomic E-state index is 12.0. The molecule has 0 aliphatic heterocycles. The molecule has 6 nitrogen and oxygen atoms in total. The number of carbonyl (C=O) groups excluding carboxylic acids is 1. The Morgan fingerprint density at radius 1 is 1.30 bits per heavy atom. The molecule has 0 spiro atoms. The SMILES string of the molecule is COc1ccc(OCC(=O)N[C@@H]2CCCC[C@@H]2C)c(C(=O)O)c1. The van der Waals surface area contributed by atoms with Gasteiger partial charge in [-0.05, 0) is 37.0 Å². The first-order valence-corrected chi connectivity index (χ1v) is 7.84. The number of carboxylic acids is 1. The fraction of sp³-hybridized carbons (Fsp3) is 0.529. The number of benzene rings is 1. The summed E-state index contributed by atoms with van der Waals surface area (Å²) in [5.41, 5.74) is -0.0248. The molecule has 1 amide bonds. The van der Waals surface area contributed by atoms with Crippen LogP contribution in [0.25, 0.3) is 0 Å². The number of methoxy groups -OCH3 is 1. The minimum atomic E-state index is -1.12. The molecule has 2 rings (SSSR count). The quantitative estimate of drug-likeness (QED) is 0.841. The first-order chi connectivity index (χ1) is 11.0. The Morgan fingerprint density at radius 3 is 2.70 bits per heavy atom. The second kappa shape index (κ2) is 7.85. The fourth-order valence-corrected chi connectivity index (χ4v) is 2.85. The summed E-state index contributed by atoms with van der Waals surface area (Å²) in [6.45, 7) is 1.94. The van der Waals surface area contributed by atoms with Gasteiger partial charge in [0, 0.05) is 6.04 Å². The van der Waals surface area contributed by atoms with Gasteiger partial charge in [0.2, 0.25) is 0 Å². The Labute approximate surface area is 135 Å². The molecule has 23 heavy (non-hydrogen) atoms. The molecule has 0 heterocycles. The lowest BCUT2D eigenvalue weighted by molar-refractivity contribution is -0.124. The van der Waals surface area contributed by atoms with Gasteiger partial charge in [-0.1, -0.05) is 19.8 Å². The van der Waals surface area contributed by atoms with Crippen LogP contribution in [0.2, 0.25) is 0 Å². The number of rotatable bonds is 6. The standard InChI is InChI=1S/C17H23NO5/c1-11-5-3-4-6-14(11)18-16(19)10-23-15-8-7-12(22-2)9-13(15)17(20)21/h7-9,11,14H,3-6,10H2,1-2H3,(H,18,19)(H,20,21)/t11-,14+/m0/s1. The van der Waals surface area contributed by atoms with Crippen molar-refractivity contribution in [3.8, 4) is 11.5 Å².